The van der Waals surface area contributed by atoms with E-state index in [1.165, 1.54) is 0 Å². The number of aromatic nitrogens is 2. The predicted molar refractivity (Wildman–Crippen MR) is 83.0 cm³/mol. The molecule has 0 radical (unpaired) electrons. The Balaban J connectivity index is 1.94. The number of aliphatic hydroxyl groups excluding tert-OH is 1. The highest BCUT2D eigenvalue weighted by atomic mass is 16.5. The molecule has 0 saturated heterocycles. The van der Waals surface area contributed by atoms with Crippen molar-refractivity contribution in [3.63, 3.8) is 0 Å². The fourth-order valence-electron chi connectivity index (χ4n) is 2.00. The van der Waals surface area contributed by atoms with Gasteiger partial charge < -0.3 is 15.2 Å². The van der Waals surface area contributed by atoms with E-state index in [1.807, 2.05) is 13.8 Å². The average molecular weight is 303 g/mol. The van der Waals surface area contributed by atoms with Gasteiger partial charge in [0.1, 0.15) is 11.4 Å². The van der Waals surface area contributed by atoms with Crippen molar-refractivity contribution in [1.29, 1.82) is 0 Å². The van der Waals surface area contributed by atoms with E-state index in [9.17, 15) is 9.90 Å². The van der Waals surface area contributed by atoms with Crippen LogP contribution in [-0.2, 0) is 0 Å². The second-order valence-corrected chi connectivity index (χ2v) is 5.37. The van der Waals surface area contributed by atoms with Crippen LogP contribution in [0.1, 0.15) is 47.6 Å². The second kappa shape index (κ2) is 7.09. The van der Waals surface area contributed by atoms with E-state index >= 15 is 0 Å². The molecule has 0 aliphatic carbocycles. The van der Waals surface area contributed by atoms with E-state index in [0.717, 1.165) is 5.69 Å². The van der Waals surface area contributed by atoms with Gasteiger partial charge in [-0.3, -0.25) is 9.89 Å². The van der Waals surface area contributed by atoms with Gasteiger partial charge in [0.15, 0.2) is 0 Å². The molecule has 1 heterocycles. The van der Waals surface area contributed by atoms with E-state index in [2.05, 4.69) is 15.5 Å². The Kier molecular flexibility index (Phi) is 5.16. The summed E-state index contributed by atoms with van der Waals surface area (Å²) in [5.41, 5.74) is 1.91. The molecular formula is C16H21N3O3. The largest absolute Gasteiger partial charge is 0.497 e. The van der Waals surface area contributed by atoms with Crippen molar-refractivity contribution in [3.8, 4) is 5.75 Å². The SMILES string of the molecule is COc1cccc(C(O)CNC(=O)c2cc(C(C)C)[nH]n2)c1. The van der Waals surface area contributed by atoms with Gasteiger partial charge in [-0.1, -0.05) is 26.0 Å². The summed E-state index contributed by atoms with van der Waals surface area (Å²) in [5, 5.41) is 19.6. The van der Waals surface area contributed by atoms with Crippen LogP contribution in [-0.4, -0.2) is 34.9 Å². The zero-order chi connectivity index (χ0) is 16.1. The summed E-state index contributed by atoms with van der Waals surface area (Å²) in [6.45, 7) is 4.14. The van der Waals surface area contributed by atoms with E-state index in [-0.39, 0.29) is 18.4 Å². The van der Waals surface area contributed by atoms with Crippen LogP contribution in [0.15, 0.2) is 30.3 Å². The molecule has 1 unspecified atom stereocenters. The molecule has 6 nitrogen and oxygen atoms in total. The third-order valence-electron chi connectivity index (χ3n) is 3.39. The van der Waals surface area contributed by atoms with E-state index in [0.29, 0.717) is 17.0 Å². The summed E-state index contributed by atoms with van der Waals surface area (Å²) < 4.78 is 5.11. The lowest BCUT2D eigenvalue weighted by molar-refractivity contribution is 0.0911. The average Bonchev–Trinajstić information content (AvgIpc) is 3.02. The first kappa shape index (κ1) is 16.0. The maximum atomic E-state index is 12.0. The molecule has 2 aromatic rings. The van der Waals surface area contributed by atoms with Crippen LogP contribution in [0, 0.1) is 0 Å². The van der Waals surface area contributed by atoms with Crippen molar-refractivity contribution in [3.05, 3.63) is 47.3 Å². The third kappa shape index (κ3) is 3.85. The van der Waals surface area contributed by atoms with E-state index < -0.39 is 6.10 Å². The number of benzene rings is 1. The fourth-order valence-corrected chi connectivity index (χ4v) is 2.00. The predicted octanol–water partition coefficient (Wildman–Crippen LogP) is 2.01. The fraction of sp³-hybridized carbons (Fsp3) is 0.375. The first-order valence-corrected chi connectivity index (χ1v) is 7.16. The number of hydrogen-bond acceptors (Lipinski definition) is 4. The van der Waals surface area contributed by atoms with Crippen LogP contribution >= 0.6 is 0 Å². The molecule has 0 saturated carbocycles. The Morgan fingerprint density at radius 2 is 2.18 bits per heavy atom. The molecule has 2 rings (SSSR count). The lowest BCUT2D eigenvalue weighted by Gasteiger charge is -2.12. The molecule has 1 atom stereocenters. The highest BCUT2D eigenvalue weighted by Crippen LogP contribution is 2.18. The first-order valence-electron chi connectivity index (χ1n) is 7.16. The normalized spacial score (nSPS) is 12.2. The lowest BCUT2D eigenvalue weighted by atomic mass is 10.1. The van der Waals surface area contributed by atoms with Gasteiger partial charge in [-0.15, -0.1) is 0 Å². The highest BCUT2D eigenvalue weighted by molar-refractivity contribution is 5.92. The van der Waals surface area contributed by atoms with Gasteiger partial charge in [0.05, 0.1) is 13.2 Å². The number of hydrogen-bond donors (Lipinski definition) is 3. The summed E-state index contributed by atoms with van der Waals surface area (Å²) in [4.78, 5) is 12.0. The van der Waals surface area contributed by atoms with Crippen LogP contribution in [0.3, 0.4) is 0 Å². The molecule has 3 N–H and O–H groups in total. The second-order valence-electron chi connectivity index (χ2n) is 5.37. The maximum Gasteiger partial charge on any atom is 0.271 e. The first-order chi connectivity index (χ1) is 10.5. The van der Waals surface area contributed by atoms with Crippen LogP contribution < -0.4 is 10.1 Å². The molecule has 1 amide bonds. The summed E-state index contributed by atoms with van der Waals surface area (Å²) in [6, 6.07) is 8.83. The number of aromatic amines is 1. The molecule has 0 spiro atoms. The minimum atomic E-state index is -0.803. The number of amides is 1. The monoisotopic (exact) mass is 303 g/mol. The molecule has 1 aromatic heterocycles. The lowest BCUT2D eigenvalue weighted by Crippen LogP contribution is -2.28. The van der Waals surface area contributed by atoms with Crippen molar-refractivity contribution < 1.29 is 14.6 Å². The van der Waals surface area contributed by atoms with Gasteiger partial charge in [0, 0.05) is 12.2 Å². The number of carbonyl (C=O) groups excluding carboxylic acids is 1. The smallest absolute Gasteiger partial charge is 0.271 e. The van der Waals surface area contributed by atoms with Crippen molar-refractivity contribution in [2.24, 2.45) is 0 Å². The molecule has 1 aromatic carbocycles. The Hall–Kier alpha value is -2.34. The molecule has 6 heteroatoms. The number of H-pyrrole nitrogens is 1. The van der Waals surface area contributed by atoms with E-state index in [4.69, 9.17) is 4.74 Å². The molecule has 22 heavy (non-hydrogen) atoms. The zero-order valence-electron chi connectivity index (χ0n) is 13.0. The Labute approximate surface area is 129 Å². The molecule has 0 aliphatic rings. The number of nitrogens with zero attached hydrogens (tertiary/aromatic N) is 1. The van der Waals surface area contributed by atoms with Crippen LogP contribution in [0.25, 0.3) is 0 Å². The summed E-state index contributed by atoms with van der Waals surface area (Å²) in [6.07, 6.45) is -0.803. The number of rotatable bonds is 6. The summed E-state index contributed by atoms with van der Waals surface area (Å²) in [5.74, 6) is 0.623. The van der Waals surface area contributed by atoms with Gasteiger partial charge in [-0.2, -0.15) is 5.10 Å². The summed E-state index contributed by atoms with van der Waals surface area (Å²) >= 11 is 0. The van der Waals surface area contributed by atoms with Crippen LogP contribution in [0.2, 0.25) is 0 Å². The summed E-state index contributed by atoms with van der Waals surface area (Å²) in [7, 11) is 1.57. The van der Waals surface area contributed by atoms with Gasteiger partial charge >= 0.3 is 0 Å². The number of aliphatic hydroxyl groups is 1. The van der Waals surface area contributed by atoms with Gasteiger partial charge in [-0.05, 0) is 29.7 Å². The molecule has 0 fully saturated rings. The van der Waals surface area contributed by atoms with Crippen molar-refractivity contribution in [1.82, 2.24) is 15.5 Å². The quantitative estimate of drug-likeness (QED) is 0.762. The van der Waals surface area contributed by atoms with Crippen LogP contribution in [0.4, 0.5) is 0 Å². The number of ether oxygens (including phenoxy) is 1. The third-order valence-corrected chi connectivity index (χ3v) is 3.39. The topological polar surface area (TPSA) is 87.2 Å². The number of carbonyl (C=O) groups is 1. The molecular weight excluding hydrogens is 282 g/mol. The highest BCUT2D eigenvalue weighted by Gasteiger charge is 2.14. The molecule has 0 bridgehead atoms. The molecule has 0 aliphatic heterocycles. The minimum absolute atomic E-state index is 0.107. The Morgan fingerprint density at radius 3 is 2.82 bits per heavy atom. The van der Waals surface area contributed by atoms with Crippen LogP contribution in [0.5, 0.6) is 5.75 Å². The van der Waals surface area contributed by atoms with E-state index in [1.54, 1.807) is 37.4 Å². The number of nitrogens with one attached hydrogen (secondary N) is 2. The maximum absolute atomic E-state index is 12.0. The Morgan fingerprint density at radius 1 is 1.41 bits per heavy atom. The molecule has 118 valence electrons. The zero-order valence-corrected chi connectivity index (χ0v) is 13.0. The van der Waals surface area contributed by atoms with Gasteiger partial charge in [0.25, 0.3) is 5.91 Å². The van der Waals surface area contributed by atoms with Crippen molar-refractivity contribution in [2.45, 2.75) is 25.9 Å². The number of methoxy groups -OCH3 is 1. The minimum Gasteiger partial charge on any atom is -0.497 e. The van der Waals surface area contributed by atoms with Crippen molar-refractivity contribution in [2.75, 3.05) is 13.7 Å². The van der Waals surface area contributed by atoms with Gasteiger partial charge in [0.2, 0.25) is 0 Å². The standard InChI is InChI=1S/C16H21N3O3/c1-10(2)13-8-14(19-18-13)16(21)17-9-15(20)11-5-4-6-12(7-11)22-3/h4-8,10,15,20H,9H2,1-3H3,(H,17,21)(H,18,19). The van der Waals surface area contributed by atoms with Crippen molar-refractivity contribution >= 4 is 5.91 Å². The van der Waals surface area contributed by atoms with Gasteiger partial charge in [-0.25, -0.2) is 0 Å². The Bertz CT molecular complexity index is 637.